The highest BCUT2D eigenvalue weighted by molar-refractivity contribution is 6.30. The van der Waals surface area contributed by atoms with Crippen LogP contribution in [0, 0.1) is 11.8 Å². The molecule has 3 atom stereocenters. The van der Waals surface area contributed by atoms with Gasteiger partial charge < -0.3 is 19.3 Å². The Morgan fingerprint density at radius 1 is 1.17 bits per heavy atom. The van der Waals surface area contributed by atoms with Crippen LogP contribution in [0.4, 0.5) is 23.7 Å². The molecule has 4 heterocycles. The van der Waals surface area contributed by atoms with Gasteiger partial charge in [0.2, 0.25) is 0 Å². The molecule has 4 aliphatic heterocycles. The molecule has 0 radical (unpaired) electrons. The van der Waals surface area contributed by atoms with Gasteiger partial charge in [0.15, 0.2) is 6.10 Å². The molecule has 35 heavy (non-hydrogen) atoms. The van der Waals surface area contributed by atoms with Gasteiger partial charge in [-0.15, -0.1) is 0 Å². The topological polar surface area (TPSA) is 45.2 Å². The van der Waals surface area contributed by atoms with Crippen molar-refractivity contribution in [3.63, 3.8) is 0 Å². The summed E-state index contributed by atoms with van der Waals surface area (Å²) < 4.78 is 48.7. The second-order valence-corrected chi connectivity index (χ2v) is 11.0. The van der Waals surface area contributed by atoms with Crippen molar-refractivity contribution in [2.24, 2.45) is 11.8 Å². The summed E-state index contributed by atoms with van der Waals surface area (Å²) in [4.78, 5) is 18.7. The lowest BCUT2D eigenvalue weighted by Gasteiger charge is -2.45. The Morgan fingerprint density at radius 2 is 1.86 bits per heavy atom. The molecule has 6 nitrogen and oxygen atoms in total. The summed E-state index contributed by atoms with van der Waals surface area (Å²) in [6, 6.07) is 6.14. The summed E-state index contributed by atoms with van der Waals surface area (Å²) in [5.41, 5.74) is 2.40. The van der Waals surface area contributed by atoms with Gasteiger partial charge in [-0.25, -0.2) is 4.79 Å². The SMILES string of the molecule is CC(OC(=O)N1CCC2(CCCN2Cc2ccc(Cl)cc2N2CC3COCC3C2)CC1)C(F)(F)F. The normalized spacial score (nSPS) is 27.5. The lowest BCUT2D eigenvalue weighted by atomic mass is 9.84. The number of halogens is 4. The number of amides is 1. The van der Waals surface area contributed by atoms with Gasteiger partial charge in [0, 0.05) is 60.8 Å². The van der Waals surface area contributed by atoms with Crippen molar-refractivity contribution in [1.82, 2.24) is 9.80 Å². The number of carbonyl (C=O) groups is 1. The minimum Gasteiger partial charge on any atom is -0.437 e. The van der Waals surface area contributed by atoms with Crippen LogP contribution < -0.4 is 4.90 Å². The van der Waals surface area contributed by atoms with Crippen molar-refractivity contribution in [1.29, 1.82) is 0 Å². The summed E-state index contributed by atoms with van der Waals surface area (Å²) in [5.74, 6) is 1.15. The van der Waals surface area contributed by atoms with Crippen molar-refractivity contribution < 1.29 is 27.4 Å². The van der Waals surface area contributed by atoms with E-state index >= 15 is 0 Å². The molecule has 0 aliphatic carbocycles. The van der Waals surface area contributed by atoms with Gasteiger partial charge in [-0.2, -0.15) is 13.2 Å². The van der Waals surface area contributed by atoms with Crippen LogP contribution in [0.15, 0.2) is 18.2 Å². The van der Waals surface area contributed by atoms with Gasteiger partial charge in [-0.3, -0.25) is 4.90 Å². The van der Waals surface area contributed by atoms with Crippen LogP contribution in [0.2, 0.25) is 5.02 Å². The van der Waals surface area contributed by atoms with Crippen LogP contribution >= 0.6 is 11.6 Å². The zero-order chi connectivity index (χ0) is 24.8. The highest BCUT2D eigenvalue weighted by Gasteiger charge is 2.46. The van der Waals surface area contributed by atoms with Gasteiger partial charge in [0.1, 0.15) is 0 Å². The van der Waals surface area contributed by atoms with Crippen molar-refractivity contribution in [2.45, 2.75) is 57.0 Å². The Morgan fingerprint density at radius 3 is 2.51 bits per heavy atom. The fourth-order valence-corrected chi connectivity index (χ4v) is 6.43. The van der Waals surface area contributed by atoms with Crippen LogP contribution in [0.1, 0.15) is 38.2 Å². The van der Waals surface area contributed by atoms with Crippen molar-refractivity contribution in [2.75, 3.05) is 50.8 Å². The van der Waals surface area contributed by atoms with E-state index < -0.39 is 18.4 Å². The summed E-state index contributed by atoms with van der Waals surface area (Å²) in [7, 11) is 0. The number of nitrogens with zero attached hydrogens (tertiary/aromatic N) is 3. The van der Waals surface area contributed by atoms with Crippen LogP contribution in [-0.4, -0.2) is 79.6 Å². The number of anilines is 1. The van der Waals surface area contributed by atoms with E-state index in [0.29, 0.717) is 24.9 Å². The van der Waals surface area contributed by atoms with Crippen LogP contribution in [0.3, 0.4) is 0 Å². The Bertz CT molecular complexity index is 926. The second kappa shape index (κ2) is 9.63. The number of likely N-dealkylation sites (tertiary alicyclic amines) is 2. The summed E-state index contributed by atoms with van der Waals surface area (Å²) in [5, 5.41) is 0.730. The minimum atomic E-state index is -4.55. The van der Waals surface area contributed by atoms with Gasteiger partial charge >= 0.3 is 12.3 Å². The van der Waals surface area contributed by atoms with Crippen molar-refractivity contribution in [3.05, 3.63) is 28.8 Å². The standard InChI is InChI=1S/C25H33ClF3N3O3/c1-17(25(27,28)29)35-23(33)30-9-6-24(7-10-30)5-2-8-32(24)14-18-3-4-21(26)11-22(18)31-12-19-15-34-16-20(19)13-31/h3-4,11,17,19-20H,2,5-10,12-16H2,1H3. The number of alkyl halides is 3. The first-order valence-electron chi connectivity index (χ1n) is 12.5. The molecular weight excluding hydrogens is 483 g/mol. The molecule has 0 saturated carbocycles. The van der Waals surface area contributed by atoms with Crippen LogP contribution in [0.25, 0.3) is 0 Å². The number of hydrogen-bond acceptors (Lipinski definition) is 5. The van der Waals surface area contributed by atoms with E-state index in [9.17, 15) is 18.0 Å². The Balaban J connectivity index is 1.25. The van der Waals surface area contributed by atoms with E-state index in [-0.39, 0.29) is 5.54 Å². The third kappa shape index (κ3) is 5.09. The van der Waals surface area contributed by atoms with Crippen molar-refractivity contribution >= 4 is 23.4 Å². The van der Waals surface area contributed by atoms with Gasteiger partial charge in [-0.1, -0.05) is 17.7 Å². The van der Waals surface area contributed by atoms with Gasteiger partial charge in [0.25, 0.3) is 0 Å². The molecule has 5 rings (SSSR count). The summed E-state index contributed by atoms with van der Waals surface area (Å²) >= 11 is 6.40. The van der Waals surface area contributed by atoms with Gasteiger partial charge in [0.05, 0.1) is 13.2 Å². The maximum Gasteiger partial charge on any atom is 0.425 e. The zero-order valence-electron chi connectivity index (χ0n) is 20.0. The highest BCUT2D eigenvalue weighted by Crippen LogP contribution is 2.42. The van der Waals surface area contributed by atoms with Crippen molar-refractivity contribution in [3.8, 4) is 0 Å². The number of hydrogen-bond donors (Lipinski definition) is 0. The molecule has 194 valence electrons. The molecule has 10 heteroatoms. The van der Waals surface area contributed by atoms with E-state index in [0.717, 1.165) is 77.0 Å². The van der Waals surface area contributed by atoms with E-state index in [2.05, 4.69) is 26.7 Å². The van der Waals surface area contributed by atoms with E-state index in [1.54, 1.807) is 0 Å². The van der Waals surface area contributed by atoms with E-state index in [1.165, 1.54) is 16.2 Å². The number of carbonyl (C=O) groups excluding carboxylic acids is 1. The van der Waals surface area contributed by atoms with E-state index in [4.69, 9.17) is 16.3 Å². The molecule has 1 amide bonds. The molecule has 4 fully saturated rings. The van der Waals surface area contributed by atoms with Gasteiger partial charge in [-0.05, 0) is 56.8 Å². The third-order valence-corrected chi connectivity index (χ3v) is 8.66. The molecule has 0 bridgehead atoms. The molecule has 4 aliphatic rings. The lowest BCUT2D eigenvalue weighted by Crippen LogP contribution is -2.53. The maximum atomic E-state index is 12.8. The monoisotopic (exact) mass is 515 g/mol. The largest absolute Gasteiger partial charge is 0.437 e. The molecule has 1 aromatic carbocycles. The predicted octanol–water partition coefficient (Wildman–Crippen LogP) is 4.94. The third-order valence-electron chi connectivity index (χ3n) is 8.42. The van der Waals surface area contributed by atoms with Crippen LogP contribution in [0.5, 0.6) is 0 Å². The molecule has 0 aromatic heterocycles. The summed E-state index contributed by atoms with van der Waals surface area (Å²) in [6.07, 6.45) is -3.96. The summed E-state index contributed by atoms with van der Waals surface area (Å²) in [6.45, 7) is 7.06. The first kappa shape index (κ1) is 25.0. The first-order valence-corrected chi connectivity index (χ1v) is 12.9. The molecule has 1 spiro atoms. The lowest BCUT2D eigenvalue weighted by molar-refractivity contribution is -0.200. The fraction of sp³-hybridized carbons (Fsp3) is 0.720. The number of fused-ring (bicyclic) bond motifs is 1. The average molecular weight is 516 g/mol. The number of rotatable bonds is 4. The predicted molar refractivity (Wildman–Crippen MR) is 127 cm³/mol. The average Bonchev–Trinajstić information content (AvgIpc) is 3.51. The van der Waals surface area contributed by atoms with E-state index in [1.807, 2.05) is 6.07 Å². The quantitative estimate of drug-likeness (QED) is 0.568. The number of benzene rings is 1. The first-order chi connectivity index (χ1) is 16.6. The molecule has 0 N–H and O–H groups in total. The fourth-order valence-electron chi connectivity index (χ4n) is 6.26. The Labute approximate surface area is 209 Å². The number of piperidine rings is 1. The molecule has 3 unspecified atom stereocenters. The molecule has 4 saturated heterocycles. The maximum absolute atomic E-state index is 12.8. The van der Waals surface area contributed by atoms with Crippen LogP contribution in [-0.2, 0) is 16.0 Å². The Hall–Kier alpha value is -1.71. The number of ether oxygens (including phenoxy) is 2. The minimum absolute atomic E-state index is 0.0430. The molecular formula is C25H33ClF3N3O3. The zero-order valence-corrected chi connectivity index (χ0v) is 20.8. The Kier molecular flexibility index (Phi) is 6.87. The second-order valence-electron chi connectivity index (χ2n) is 10.5. The molecule has 1 aromatic rings. The smallest absolute Gasteiger partial charge is 0.425 e. The highest BCUT2D eigenvalue weighted by atomic mass is 35.5.